The molecule has 0 atom stereocenters. The smallest absolute Gasteiger partial charge is 0.208 e. The van der Waals surface area contributed by atoms with Crippen LogP contribution < -0.4 is 0 Å². The number of rotatable bonds is 3. The molecule has 0 bridgehead atoms. The van der Waals surface area contributed by atoms with Gasteiger partial charge in [0.25, 0.3) is 0 Å². The molecule has 0 saturated carbocycles. The van der Waals surface area contributed by atoms with E-state index < -0.39 is 0 Å². The summed E-state index contributed by atoms with van der Waals surface area (Å²) in [6.07, 6.45) is 3.81. The van der Waals surface area contributed by atoms with Crippen LogP contribution in [0.5, 0.6) is 0 Å². The van der Waals surface area contributed by atoms with Gasteiger partial charge in [0.1, 0.15) is 11.5 Å². The average Bonchev–Trinajstić information content (AvgIpc) is 2.92. The summed E-state index contributed by atoms with van der Waals surface area (Å²) in [5, 5.41) is 8.32. The third kappa shape index (κ3) is 2.34. The van der Waals surface area contributed by atoms with Crippen molar-refractivity contribution in [3.63, 3.8) is 0 Å². The number of nitrogens with zero attached hydrogens (tertiary/aromatic N) is 4. The van der Waals surface area contributed by atoms with Gasteiger partial charge in [-0.05, 0) is 19.1 Å². The standard InChI is InChI=1S/C11H10ClN5S/c1-7-13-11(16-15-7)18-6-9-5-17-4-8(12)2-3-10(17)14-9/h2-5H,6H2,1H3,(H,13,15,16). The molecular formula is C11H10ClN5S. The Morgan fingerprint density at radius 3 is 3.00 bits per heavy atom. The van der Waals surface area contributed by atoms with Crippen molar-refractivity contribution in [3.8, 4) is 0 Å². The van der Waals surface area contributed by atoms with Crippen LogP contribution in [0, 0.1) is 6.92 Å². The van der Waals surface area contributed by atoms with Crippen molar-refractivity contribution in [2.24, 2.45) is 0 Å². The highest BCUT2D eigenvalue weighted by molar-refractivity contribution is 7.98. The first kappa shape index (κ1) is 11.6. The lowest BCUT2D eigenvalue weighted by Crippen LogP contribution is -1.81. The number of H-pyrrole nitrogens is 1. The molecule has 3 aromatic heterocycles. The van der Waals surface area contributed by atoms with Crippen LogP contribution >= 0.6 is 23.4 Å². The SMILES string of the molecule is Cc1nc(SCc2cn3cc(Cl)ccc3n2)n[nH]1. The molecule has 0 aliphatic rings. The molecular weight excluding hydrogens is 270 g/mol. The lowest BCUT2D eigenvalue weighted by molar-refractivity contribution is 0.968. The van der Waals surface area contributed by atoms with Crippen molar-refractivity contribution in [2.75, 3.05) is 0 Å². The van der Waals surface area contributed by atoms with E-state index in [0.29, 0.717) is 5.02 Å². The lowest BCUT2D eigenvalue weighted by Gasteiger charge is -1.91. The van der Waals surface area contributed by atoms with E-state index in [-0.39, 0.29) is 0 Å². The molecule has 0 amide bonds. The Hall–Kier alpha value is -1.53. The van der Waals surface area contributed by atoms with Gasteiger partial charge in [-0.25, -0.2) is 9.97 Å². The molecule has 92 valence electrons. The van der Waals surface area contributed by atoms with Gasteiger partial charge >= 0.3 is 0 Å². The quantitative estimate of drug-likeness (QED) is 0.749. The van der Waals surface area contributed by atoms with Crippen molar-refractivity contribution < 1.29 is 0 Å². The zero-order chi connectivity index (χ0) is 12.5. The lowest BCUT2D eigenvalue weighted by atomic mass is 10.5. The van der Waals surface area contributed by atoms with Gasteiger partial charge in [-0.2, -0.15) is 0 Å². The number of nitrogens with one attached hydrogen (secondary N) is 1. The van der Waals surface area contributed by atoms with Crippen molar-refractivity contribution in [1.82, 2.24) is 24.6 Å². The van der Waals surface area contributed by atoms with Gasteiger partial charge in [0.2, 0.25) is 5.16 Å². The zero-order valence-electron chi connectivity index (χ0n) is 9.59. The second-order valence-corrected chi connectivity index (χ2v) is 5.22. The second-order valence-electron chi connectivity index (χ2n) is 3.84. The molecule has 3 rings (SSSR count). The van der Waals surface area contributed by atoms with Crippen molar-refractivity contribution in [1.29, 1.82) is 0 Å². The number of hydrogen-bond acceptors (Lipinski definition) is 4. The number of fused-ring (bicyclic) bond motifs is 1. The number of imidazole rings is 1. The topological polar surface area (TPSA) is 58.9 Å². The first-order chi connectivity index (χ1) is 8.70. The van der Waals surface area contributed by atoms with Crippen molar-refractivity contribution in [2.45, 2.75) is 17.8 Å². The summed E-state index contributed by atoms with van der Waals surface area (Å²) in [6.45, 7) is 1.88. The van der Waals surface area contributed by atoms with Crippen LogP contribution in [0.4, 0.5) is 0 Å². The largest absolute Gasteiger partial charge is 0.305 e. The average molecular weight is 280 g/mol. The summed E-state index contributed by atoms with van der Waals surface area (Å²) >= 11 is 7.48. The van der Waals surface area contributed by atoms with Crippen LogP contribution in [-0.4, -0.2) is 24.6 Å². The van der Waals surface area contributed by atoms with Crippen LogP contribution in [0.2, 0.25) is 5.02 Å². The molecule has 0 aliphatic heterocycles. The Kier molecular flexibility index (Phi) is 2.97. The van der Waals surface area contributed by atoms with Gasteiger partial charge in [-0.1, -0.05) is 23.4 Å². The first-order valence-electron chi connectivity index (χ1n) is 5.36. The summed E-state index contributed by atoms with van der Waals surface area (Å²) < 4.78 is 1.92. The fourth-order valence-corrected chi connectivity index (χ4v) is 2.51. The molecule has 0 fully saturated rings. The van der Waals surface area contributed by atoms with E-state index in [4.69, 9.17) is 11.6 Å². The minimum Gasteiger partial charge on any atom is -0.305 e. The Morgan fingerprint density at radius 2 is 2.22 bits per heavy atom. The van der Waals surface area contributed by atoms with E-state index in [1.54, 1.807) is 11.8 Å². The number of hydrogen-bond donors (Lipinski definition) is 1. The molecule has 1 N–H and O–H groups in total. The van der Waals surface area contributed by atoms with E-state index >= 15 is 0 Å². The Bertz CT molecular complexity index is 690. The molecule has 0 aliphatic carbocycles. The normalized spacial score (nSPS) is 11.2. The predicted molar refractivity (Wildman–Crippen MR) is 70.9 cm³/mol. The maximum atomic E-state index is 5.93. The fraction of sp³-hybridized carbons (Fsp3) is 0.182. The molecule has 0 spiro atoms. The maximum absolute atomic E-state index is 5.93. The molecule has 0 unspecified atom stereocenters. The minimum atomic E-state index is 0.698. The molecule has 0 radical (unpaired) electrons. The second kappa shape index (κ2) is 4.62. The van der Waals surface area contributed by atoms with Crippen molar-refractivity contribution in [3.05, 3.63) is 41.1 Å². The van der Waals surface area contributed by atoms with Crippen LogP contribution in [0.1, 0.15) is 11.5 Å². The van der Waals surface area contributed by atoms with E-state index in [2.05, 4.69) is 20.2 Å². The van der Waals surface area contributed by atoms with E-state index in [9.17, 15) is 0 Å². The van der Waals surface area contributed by atoms with Gasteiger partial charge in [-0.3, -0.25) is 5.10 Å². The number of pyridine rings is 1. The monoisotopic (exact) mass is 279 g/mol. The third-order valence-electron chi connectivity index (χ3n) is 2.39. The summed E-state index contributed by atoms with van der Waals surface area (Å²) in [5.41, 5.74) is 1.87. The Balaban J connectivity index is 1.78. The number of halogens is 1. The molecule has 3 heterocycles. The Morgan fingerprint density at radius 1 is 1.33 bits per heavy atom. The summed E-state index contributed by atoms with van der Waals surface area (Å²) in [5.74, 6) is 1.55. The van der Waals surface area contributed by atoms with Gasteiger partial charge in [0, 0.05) is 18.1 Å². The van der Waals surface area contributed by atoms with Crippen LogP contribution in [0.15, 0.2) is 29.7 Å². The van der Waals surface area contributed by atoms with E-state index in [1.807, 2.05) is 35.9 Å². The maximum Gasteiger partial charge on any atom is 0.208 e. The molecule has 3 aromatic rings. The number of aromatic nitrogens is 5. The molecule has 18 heavy (non-hydrogen) atoms. The summed E-state index contributed by atoms with van der Waals surface area (Å²) in [7, 11) is 0. The highest BCUT2D eigenvalue weighted by atomic mass is 35.5. The zero-order valence-corrected chi connectivity index (χ0v) is 11.2. The van der Waals surface area contributed by atoms with E-state index in [1.165, 1.54) is 0 Å². The molecule has 0 saturated heterocycles. The van der Waals surface area contributed by atoms with Crippen molar-refractivity contribution >= 4 is 29.0 Å². The van der Waals surface area contributed by atoms with Gasteiger partial charge in [0.05, 0.1) is 10.7 Å². The van der Waals surface area contributed by atoms with Gasteiger partial charge < -0.3 is 4.40 Å². The van der Waals surface area contributed by atoms with Crippen LogP contribution in [0.25, 0.3) is 5.65 Å². The number of aryl methyl sites for hydroxylation is 1. The summed E-state index contributed by atoms with van der Waals surface area (Å²) in [4.78, 5) is 8.73. The fourth-order valence-electron chi connectivity index (χ4n) is 1.61. The van der Waals surface area contributed by atoms with E-state index in [0.717, 1.165) is 28.1 Å². The highest BCUT2D eigenvalue weighted by Crippen LogP contribution is 2.19. The summed E-state index contributed by atoms with van der Waals surface area (Å²) in [6, 6.07) is 3.73. The van der Waals surface area contributed by atoms with Gasteiger partial charge in [0.15, 0.2) is 0 Å². The molecule has 0 aromatic carbocycles. The first-order valence-corrected chi connectivity index (χ1v) is 6.72. The third-order valence-corrected chi connectivity index (χ3v) is 3.50. The molecule has 7 heteroatoms. The number of aromatic amines is 1. The Labute approximate surface area is 113 Å². The van der Waals surface area contributed by atoms with Crippen LogP contribution in [0.3, 0.4) is 0 Å². The predicted octanol–water partition coefficient (Wildman–Crippen LogP) is 2.71. The van der Waals surface area contributed by atoms with Crippen LogP contribution in [-0.2, 0) is 5.75 Å². The number of thioether (sulfide) groups is 1. The van der Waals surface area contributed by atoms with Gasteiger partial charge in [-0.15, -0.1) is 5.10 Å². The molecule has 5 nitrogen and oxygen atoms in total. The highest BCUT2D eigenvalue weighted by Gasteiger charge is 2.05. The minimum absolute atomic E-state index is 0.698.